The van der Waals surface area contributed by atoms with E-state index in [0.717, 1.165) is 41.8 Å². The third kappa shape index (κ3) is 1.19. The lowest BCUT2D eigenvalue weighted by atomic mass is 9.96. The van der Waals surface area contributed by atoms with Crippen LogP contribution in [0.5, 0.6) is 0 Å². The monoisotopic (exact) mass is 240 g/mol. The summed E-state index contributed by atoms with van der Waals surface area (Å²) < 4.78 is 0. The zero-order valence-corrected chi connectivity index (χ0v) is 9.71. The minimum absolute atomic E-state index is 0.0937. The summed E-state index contributed by atoms with van der Waals surface area (Å²) in [4.78, 5) is 16.5. The molecule has 3 heterocycles. The molecule has 0 unspecified atom stereocenters. The molecule has 0 aliphatic carbocycles. The van der Waals surface area contributed by atoms with Crippen molar-refractivity contribution in [1.29, 1.82) is 0 Å². The van der Waals surface area contributed by atoms with Gasteiger partial charge in [0.2, 0.25) is 0 Å². The van der Waals surface area contributed by atoms with Crippen LogP contribution in [0, 0.1) is 0 Å². The van der Waals surface area contributed by atoms with E-state index in [1.54, 1.807) is 0 Å². The van der Waals surface area contributed by atoms with Crippen molar-refractivity contribution in [2.24, 2.45) is 0 Å². The number of aromatic nitrogens is 1. The molecule has 0 radical (unpaired) electrons. The fourth-order valence-corrected chi connectivity index (χ4v) is 2.75. The lowest BCUT2D eigenvalue weighted by Gasteiger charge is -2.26. The number of carbonyl (C=O) groups excluding carboxylic acids is 1. The molecule has 18 heavy (non-hydrogen) atoms. The van der Waals surface area contributed by atoms with Crippen LogP contribution in [-0.2, 0) is 13.0 Å². The van der Waals surface area contributed by atoms with Gasteiger partial charge in [-0.15, -0.1) is 0 Å². The van der Waals surface area contributed by atoms with Gasteiger partial charge in [0.15, 0.2) is 0 Å². The highest BCUT2D eigenvalue weighted by molar-refractivity contribution is 6.14. The molecule has 2 aliphatic rings. The summed E-state index contributed by atoms with van der Waals surface area (Å²) in [5.41, 5.74) is 10.6. The van der Waals surface area contributed by atoms with E-state index in [1.165, 1.54) is 5.56 Å². The van der Waals surface area contributed by atoms with Gasteiger partial charge in [-0.05, 0) is 25.1 Å². The predicted octanol–water partition coefficient (Wildman–Crippen LogP) is 0.951. The number of hydrogen-bond donors (Lipinski definition) is 3. The smallest absolute Gasteiger partial charge is 0.270 e. The van der Waals surface area contributed by atoms with Crippen LogP contribution >= 0.6 is 0 Å². The Hall–Kier alpha value is -2.14. The van der Waals surface area contributed by atoms with Crippen molar-refractivity contribution in [1.82, 2.24) is 15.7 Å². The van der Waals surface area contributed by atoms with Gasteiger partial charge in [-0.25, -0.2) is 0 Å². The molecule has 5 nitrogen and oxygen atoms in total. The first kappa shape index (κ1) is 9.85. The topological polar surface area (TPSA) is 66.0 Å². The van der Waals surface area contributed by atoms with Crippen LogP contribution in [0.15, 0.2) is 18.2 Å². The van der Waals surface area contributed by atoms with Gasteiger partial charge in [0.05, 0.1) is 22.5 Å². The van der Waals surface area contributed by atoms with Gasteiger partial charge in [0, 0.05) is 17.5 Å². The molecule has 2 aromatic rings. The second-order valence-corrected chi connectivity index (χ2v) is 4.62. The molecule has 1 amide bonds. The molecule has 1 aromatic carbocycles. The number of nitrogens with one attached hydrogen (secondary N) is 3. The standard InChI is InChI=1S/C13H12N4O/c18-13-8-2-1-3-9-11(8)12(16-17-13)7-4-5-14-6-10(7)15-9/h1-3,14,16H,4-6H2,(H,17,18). The Kier molecular flexibility index (Phi) is 1.87. The first-order chi connectivity index (χ1) is 8.84. The number of carbonyl (C=O) groups is 1. The van der Waals surface area contributed by atoms with Crippen molar-refractivity contribution in [3.63, 3.8) is 0 Å². The second kappa shape index (κ2) is 3.43. The largest absolute Gasteiger partial charge is 0.311 e. The fourth-order valence-electron chi connectivity index (χ4n) is 2.75. The highest BCUT2D eigenvalue weighted by Gasteiger charge is 2.24. The lowest BCUT2D eigenvalue weighted by Crippen LogP contribution is -2.35. The molecular weight excluding hydrogens is 228 g/mol. The summed E-state index contributed by atoms with van der Waals surface area (Å²) >= 11 is 0. The van der Waals surface area contributed by atoms with E-state index in [1.807, 2.05) is 18.2 Å². The maximum Gasteiger partial charge on any atom is 0.270 e. The normalized spacial score (nSPS) is 17.0. The van der Waals surface area contributed by atoms with Crippen molar-refractivity contribution < 1.29 is 4.79 Å². The van der Waals surface area contributed by atoms with Gasteiger partial charge >= 0.3 is 0 Å². The fraction of sp³-hybridized carbons (Fsp3) is 0.231. The molecular formula is C13H12N4O. The van der Waals surface area contributed by atoms with Gasteiger partial charge in [0.1, 0.15) is 0 Å². The van der Waals surface area contributed by atoms with Crippen molar-refractivity contribution in [2.75, 3.05) is 12.0 Å². The van der Waals surface area contributed by atoms with E-state index >= 15 is 0 Å². The number of fused-ring (bicyclic) bond motifs is 2. The Balaban J connectivity index is 2.15. The van der Waals surface area contributed by atoms with Gasteiger partial charge in [-0.1, -0.05) is 6.07 Å². The van der Waals surface area contributed by atoms with Crippen LogP contribution in [-0.4, -0.2) is 17.4 Å². The number of hydrogen-bond acceptors (Lipinski definition) is 4. The molecule has 0 bridgehead atoms. The molecule has 0 saturated heterocycles. The van der Waals surface area contributed by atoms with Crippen molar-refractivity contribution >= 4 is 22.5 Å². The van der Waals surface area contributed by atoms with Gasteiger partial charge in [-0.2, -0.15) is 0 Å². The third-order valence-corrected chi connectivity index (χ3v) is 3.59. The number of nitrogens with zero attached hydrogens (tertiary/aromatic N) is 1. The average molecular weight is 240 g/mol. The van der Waals surface area contributed by atoms with Crippen molar-refractivity contribution in [3.8, 4) is 0 Å². The number of hydrazine groups is 1. The zero-order chi connectivity index (χ0) is 12.1. The van der Waals surface area contributed by atoms with Gasteiger partial charge < -0.3 is 5.32 Å². The van der Waals surface area contributed by atoms with E-state index in [2.05, 4.69) is 21.2 Å². The molecule has 3 N–H and O–H groups in total. The molecule has 0 atom stereocenters. The van der Waals surface area contributed by atoms with E-state index < -0.39 is 0 Å². The average Bonchev–Trinajstić information content (AvgIpc) is 2.42. The predicted molar refractivity (Wildman–Crippen MR) is 68.2 cm³/mol. The molecule has 0 fully saturated rings. The third-order valence-electron chi connectivity index (χ3n) is 3.59. The van der Waals surface area contributed by atoms with Crippen LogP contribution < -0.4 is 16.2 Å². The molecule has 1 aromatic heterocycles. The van der Waals surface area contributed by atoms with Crippen LogP contribution in [0.4, 0.5) is 5.69 Å². The summed E-state index contributed by atoms with van der Waals surface area (Å²) in [6.45, 7) is 1.74. The lowest BCUT2D eigenvalue weighted by molar-refractivity contribution is 0.0962. The molecule has 5 heteroatoms. The van der Waals surface area contributed by atoms with Crippen LogP contribution in [0.25, 0.3) is 10.9 Å². The highest BCUT2D eigenvalue weighted by atomic mass is 16.2. The Morgan fingerprint density at radius 2 is 2.17 bits per heavy atom. The van der Waals surface area contributed by atoms with E-state index in [4.69, 9.17) is 0 Å². The number of rotatable bonds is 0. The summed E-state index contributed by atoms with van der Waals surface area (Å²) in [5.74, 6) is -0.0937. The van der Waals surface area contributed by atoms with E-state index in [9.17, 15) is 4.79 Å². The highest BCUT2D eigenvalue weighted by Crippen LogP contribution is 2.34. The maximum atomic E-state index is 11.8. The minimum atomic E-state index is -0.0937. The number of amides is 1. The first-order valence-electron chi connectivity index (χ1n) is 6.06. The summed E-state index contributed by atoms with van der Waals surface area (Å²) in [6, 6.07) is 5.68. The molecule has 90 valence electrons. The Bertz CT molecular complexity index is 680. The first-order valence-corrected chi connectivity index (χ1v) is 6.06. The molecule has 2 aliphatic heterocycles. The van der Waals surface area contributed by atoms with Crippen molar-refractivity contribution in [3.05, 3.63) is 35.0 Å². The van der Waals surface area contributed by atoms with Crippen LogP contribution in [0.1, 0.15) is 21.6 Å². The molecule has 0 spiro atoms. The summed E-state index contributed by atoms with van der Waals surface area (Å²) in [6.07, 6.45) is 0.935. The van der Waals surface area contributed by atoms with Crippen LogP contribution in [0.2, 0.25) is 0 Å². The van der Waals surface area contributed by atoms with Gasteiger partial charge in [0.25, 0.3) is 5.91 Å². The number of anilines is 1. The molecule has 4 rings (SSSR count). The Morgan fingerprint density at radius 3 is 3.11 bits per heavy atom. The zero-order valence-electron chi connectivity index (χ0n) is 9.71. The minimum Gasteiger partial charge on any atom is -0.311 e. The van der Waals surface area contributed by atoms with E-state index in [0.29, 0.717) is 5.56 Å². The van der Waals surface area contributed by atoms with E-state index in [-0.39, 0.29) is 5.91 Å². The Labute approximate surface area is 104 Å². The van der Waals surface area contributed by atoms with Gasteiger partial charge in [-0.3, -0.25) is 20.6 Å². The quantitative estimate of drug-likeness (QED) is 0.641. The molecule has 0 saturated carbocycles. The summed E-state index contributed by atoms with van der Waals surface area (Å²) in [5, 5.41) is 4.27. The number of benzene rings is 1. The second-order valence-electron chi connectivity index (χ2n) is 4.62. The number of pyridine rings is 1. The summed E-state index contributed by atoms with van der Waals surface area (Å²) in [7, 11) is 0. The van der Waals surface area contributed by atoms with Crippen LogP contribution in [0.3, 0.4) is 0 Å². The Morgan fingerprint density at radius 1 is 1.22 bits per heavy atom. The maximum absolute atomic E-state index is 11.8. The van der Waals surface area contributed by atoms with Crippen molar-refractivity contribution in [2.45, 2.75) is 13.0 Å². The SMILES string of the molecule is O=C1NNc2c3c(nc4cccc1c24)CNCC3.